The molecule has 3 nitrogen and oxygen atoms in total. The Kier molecular flexibility index (Phi) is 4.55. The van der Waals surface area contributed by atoms with Crippen LogP contribution >= 0.6 is 11.3 Å². The molecule has 0 aliphatic heterocycles. The topological polar surface area (TPSA) is 52.9 Å². The van der Waals surface area contributed by atoms with Crippen molar-refractivity contribution >= 4 is 22.2 Å². The smallest absolute Gasteiger partial charge is 0.256 e. The fourth-order valence-electron chi connectivity index (χ4n) is 3.39. The van der Waals surface area contributed by atoms with E-state index >= 15 is 0 Å². The van der Waals surface area contributed by atoms with Gasteiger partial charge in [-0.05, 0) is 54.5 Å². The van der Waals surface area contributed by atoms with Crippen LogP contribution in [0.25, 0.3) is 11.1 Å². The Hall–Kier alpha value is -2.90. The Morgan fingerprint density at radius 1 is 0.962 bits per heavy atom. The van der Waals surface area contributed by atoms with Crippen LogP contribution in [0.2, 0.25) is 0 Å². The number of rotatable bonds is 3. The molecule has 0 saturated carbocycles. The summed E-state index contributed by atoms with van der Waals surface area (Å²) in [5, 5.41) is 13.2. The van der Waals surface area contributed by atoms with Crippen LogP contribution in [0.3, 0.4) is 0 Å². The molecule has 3 aromatic rings. The van der Waals surface area contributed by atoms with Crippen molar-refractivity contribution < 1.29 is 4.79 Å². The van der Waals surface area contributed by atoms with Gasteiger partial charge in [-0.2, -0.15) is 5.26 Å². The van der Waals surface area contributed by atoms with E-state index in [-0.39, 0.29) is 5.91 Å². The number of hydrogen-bond donors (Lipinski definition) is 1. The highest BCUT2D eigenvalue weighted by atomic mass is 32.1. The molecule has 1 amide bonds. The van der Waals surface area contributed by atoms with Gasteiger partial charge in [-0.3, -0.25) is 4.79 Å². The highest BCUT2D eigenvalue weighted by molar-refractivity contribution is 7.16. The number of amides is 1. The summed E-state index contributed by atoms with van der Waals surface area (Å²) in [5.41, 5.74) is 4.58. The first kappa shape index (κ1) is 16.6. The summed E-state index contributed by atoms with van der Waals surface area (Å²) >= 11 is 1.56. The summed E-state index contributed by atoms with van der Waals surface area (Å²) < 4.78 is 0. The lowest BCUT2D eigenvalue weighted by atomic mass is 9.96. The number of nitriles is 1. The molecular formula is C22H18N2OS. The lowest BCUT2D eigenvalue weighted by molar-refractivity contribution is 0.102. The van der Waals surface area contributed by atoms with Gasteiger partial charge in [0.25, 0.3) is 5.91 Å². The van der Waals surface area contributed by atoms with Crippen molar-refractivity contribution in [2.24, 2.45) is 0 Å². The van der Waals surface area contributed by atoms with Crippen molar-refractivity contribution in [3.8, 4) is 17.2 Å². The number of carbonyl (C=O) groups is 1. The minimum absolute atomic E-state index is 0.167. The summed E-state index contributed by atoms with van der Waals surface area (Å²) in [7, 11) is 0. The Morgan fingerprint density at radius 2 is 1.65 bits per heavy atom. The van der Waals surface area contributed by atoms with Gasteiger partial charge in [0, 0.05) is 10.4 Å². The van der Waals surface area contributed by atoms with Gasteiger partial charge in [-0.15, -0.1) is 11.3 Å². The second-order valence-corrected chi connectivity index (χ2v) is 7.53. The first-order chi connectivity index (χ1) is 12.8. The van der Waals surface area contributed by atoms with Crippen LogP contribution in [0.15, 0.2) is 54.6 Å². The van der Waals surface area contributed by atoms with E-state index in [4.69, 9.17) is 0 Å². The first-order valence-corrected chi connectivity index (χ1v) is 9.59. The highest BCUT2D eigenvalue weighted by Gasteiger charge is 2.22. The molecule has 0 saturated heterocycles. The van der Waals surface area contributed by atoms with Gasteiger partial charge < -0.3 is 5.32 Å². The molecule has 1 aliphatic rings. The Labute approximate surface area is 156 Å². The molecule has 0 fully saturated rings. The van der Waals surface area contributed by atoms with E-state index in [1.165, 1.54) is 4.88 Å². The van der Waals surface area contributed by atoms with Crippen LogP contribution in [0.5, 0.6) is 0 Å². The fourth-order valence-corrected chi connectivity index (χ4v) is 4.63. The average Bonchev–Trinajstić information content (AvgIpc) is 3.05. The summed E-state index contributed by atoms with van der Waals surface area (Å²) in [6, 6.07) is 19.9. The van der Waals surface area contributed by atoms with Crippen molar-refractivity contribution in [3.05, 3.63) is 76.2 Å². The van der Waals surface area contributed by atoms with Crippen LogP contribution in [0, 0.1) is 11.3 Å². The van der Waals surface area contributed by atoms with Gasteiger partial charge in [0.2, 0.25) is 0 Å². The second kappa shape index (κ2) is 7.15. The lowest BCUT2D eigenvalue weighted by Gasteiger charge is -2.09. The maximum Gasteiger partial charge on any atom is 0.256 e. The average molecular weight is 358 g/mol. The van der Waals surface area contributed by atoms with Gasteiger partial charge in [-0.1, -0.05) is 42.5 Å². The number of anilines is 1. The van der Waals surface area contributed by atoms with Gasteiger partial charge in [-0.25, -0.2) is 0 Å². The van der Waals surface area contributed by atoms with E-state index in [1.54, 1.807) is 11.3 Å². The molecule has 26 heavy (non-hydrogen) atoms. The zero-order valence-electron chi connectivity index (χ0n) is 14.3. The number of nitrogens with one attached hydrogen (secondary N) is 1. The van der Waals surface area contributed by atoms with E-state index < -0.39 is 0 Å². The predicted molar refractivity (Wildman–Crippen MR) is 106 cm³/mol. The van der Waals surface area contributed by atoms with E-state index in [0.717, 1.165) is 42.4 Å². The van der Waals surface area contributed by atoms with Gasteiger partial charge in [0.1, 0.15) is 11.1 Å². The number of thiophene rings is 1. The van der Waals surface area contributed by atoms with Crippen molar-refractivity contribution in [1.29, 1.82) is 5.26 Å². The molecule has 0 spiro atoms. The number of nitrogens with zero attached hydrogens (tertiary/aromatic N) is 1. The third-order valence-electron chi connectivity index (χ3n) is 4.76. The maximum atomic E-state index is 12.6. The predicted octanol–water partition coefficient (Wildman–Crippen LogP) is 5.42. The van der Waals surface area contributed by atoms with Crippen molar-refractivity contribution in [2.75, 3.05) is 5.32 Å². The van der Waals surface area contributed by atoms with E-state index in [1.807, 2.05) is 54.6 Å². The SMILES string of the molecule is N#Cc1c(NC(=O)c2ccc(-c3ccccc3)cc2)sc2c1CCCC2. The van der Waals surface area contributed by atoms with E-state index in [2.05, 4.69) is 11.4 Å². The van der Waals surface area contributed by atoms with Crippen LogP contribution in [-0.2, 0) is 12.8 Å². The molecule has 4 heteroatoms. The molecule has 128 valence electrons. The quantitative estimate of drug-likeness (QED) is 0.680. The second-order valence-electron chi connectivity index (χ2n) is 6.42. The molecule has 4 rings (SSSR count). The third-order valence-corrected chi connectivity index (χ3v) is 5.97. The van der Waals surface area contributed by atoms with Gasteiger partial charge in [0.15, 0.2) is 0 Å². The summed E-state index contributed by atoms with van der Waals surface area (Å²) in [6.07, 6.45) is 4.23. The number of hydrogen-bond acceptors (Lipinski definition) is 3. The summed E-state index contributed by atoms with van der Waals surface area (Å²) in [4.78, 5) is 13.9. The molecule has 0 radical (unpaired) electrons. The zero-order valence-corrected chi connectivity index (χ0v) is 15.1. The van der Waals surface area contributed by atoms with Crippen LogP contribution in [0.1, 0.15) is 39.2 Å². The maximum absolute atomic E-state index is 12.6. The first-order valence-electron chi connectivity index (χ1n) is 8.78. The monoisotopic (exact) mass is 358 g/mol. The Bertz CT molecular complexity index is 981. The molecular weight excluding hydrogens is 340 g/mol. The van der Waals surface area contributed by atoms with Crippen molar-refractivity contribution in [3.63, 3.8) is 0 Å². The number of fused-ring (bicyclic) bond motifs is 1. The molecule has 0 unspecified atom stereocenters. The van der Waals surface area contributed by atoms with Crippen LogP contribution < -0.4 is 5.32 Å². The number of aryl methyl sites for hydroxylation is 1. The third kappa shape index (κ3) is 3.14. The van der Waals surface area contributed by atoms with Gasteiger partial charge in [0.05, 0.1) is 5.56 Å². The summed E-state index contributed by atoms with van der Waals surface area (Å²) in [5.74, 6) is -0.167. The Balaban J connectivity index is 1.56. The van der Waals surface area contributed by atoms with Gasteiger partial charge >= 0.3 is 0 Å². The zero-order chi connectivity index (χ0) is 17.9. The van der Waals surface area contributed by atoms with Crippen molar-refractivity contribution in [1.82, 2.24) is 0 Å². The number of benzene rings is 2. The minimum Gasteiger partial charge on any atom is -0.312 e. The molecule has 0 atom stereocenters. The molecule has 1 N–H and O–H groups in total. The molecule has 1 heterocycles. The fraction of sp³-hybridized carbons (Fsp3) is 0.182. The summed E-state index contributed by atoms with van der Waals surface area (Å²) in [6.45, 7) is 0. The van der Waals surface area contributed by atoms with Crippen LogP contribution in [0.4, 0.5) is 5.00 Å². The van der Waals surface area contributed by atoms with Crippen LogP contribution in [-0.4, -0.2) is 5.91 Å². The molecule has 1 aromatic heterocycles. The molecule has 1 aliphatic carbocycles. The normalized spacial score (nSPS) is 12.9. The largest absolute Gasteiger partial charge is 0.312 e. The standard InChI is InChI=1S/C22H18N2OS/c23-14-19-18-8-4-5-9-20(18)26-22(19)24-21(25)17-12-10-16(11-13-17)15-6-2-1-3-7-15/h1-3,6-7,10-13H,4-5,8-9H2,(H,24,25). The van der Waals surface area contributed by atoms with E-state index in [9.17, 15) is 10.1 Å². The highest BCUT2D eigenvalue weighted by Crippen LogP contribution is 2.37. The molecule has 2 aromatic carbocycles. The lowest BCUT2D eigenvalue weighted by Crippen LogP contribution is -2.11. The number of carbonyl (C=O) groups excluding carboxylic acids is 1. The minimum atomic E-state index is -0.167. The van der Waals surface area contributed by atoms with E-state index in [0.29, 0.717) is 16.1 Å². The Morgan fingerprint density at radius 3 is 2.38 bits per heavy atom. The molecule has 0 bridgehead atoms. The van der Waals surface area contributed by atoms with Crippen molar-refractivity contribution in [2.45, 2.75) is 25.7 Å².